The third kappa shape index (κ3) is 3.25. The smallest absolute Gasteiger partial charge is 0.251 e. The Morgan fingerprint density at radius 1 is 1.33 bits per heavy atom. The van der Waals surface area contributed by atoms with E-state index in [1.807, 2.05) is 35.0 Å². The molecule has 1 saturated heterocycles. The van der Waals surface area contributed by atoms with Crippen molar-refractivity contribution in [2.75, 3.05) is 13.1 Å². The lowest BCUT2D eigenvalue weighted by molar-refractivity contribution is -0.149. The number of nitrogens with zero attached hydrogens (tertiary/aromatic N) is 2. The third-order valence-electron chi connectivity index (χ3n) is 4.58. The molecule has 0 unspecified atom stereocenters. The quantitative estimate of drug-likeness (QED) is 0.877. The molecule has 1 aromatic heterocycles. The number of benzene rings is 1. The fraction of sp³-hybridized carbons (Fsp3) is 0.412. The summed E-state index contributed by atoms with van der Waals surface area (Å²) >= 11 is 5.98. The predicted molar refractivity (Wildman–Crippen MR) is 91.5 cm³/mol. The first-order valence-corrected chi connectivity index (χ1v) is 8.31. The molecular formula is C17H20ClN3O3. The number of halogens is 1. The number of hydrogen-bond donors (Lipinski definition) is 2. The van der Waals surface area contributed by atoms with Gasteiger partial charge in [-0.25, -0.2) is 0 Å². The summed E-state index contributed by atoms with van der Waals surface area (Å²) < 4.78 is 1.99. The minimum absolute atomic E-state index is 0.0246. The summed E-state index contributed by atoms with van der Waals surface area (Å²) in [5.74, 6) is -0.863. The van der Waals surface area contributed by atoms with E-state index < -0.39 is 11.5 Å². The van der Waals surface area contributed by atoms with Gasteiger partial charge in [0.1, 0.15) is 0 Å². The largest absolute Gasteiger partial charge is 0.378 e. The second-order valence-corrected chi connectivity index (χ2v) is 6.71. The van der Waals surface area contributed by atoms with E-state index in [2.05, 4.69) is 0 Å². The lowest BCUT2D eigenvalue weighted by Gasteiger charge is -2.37. The highest BCUT2D eigenvalue weighted by atomic mass is 35.5. The Kier molecular flexibility index (Phi) is 4.51. The molecule has 6 nitrogen and oxygen atoms in total. The van der Waals surface area contributed by atoms with Gasteiger partial charge in [0, 0.05) is 41.6 Å². The minimum Gasteiger partial charge on any atom is -0.378 e. The number of piperidine rings is 1. The third-order valence-corrected chi connectivity index (χ3v) is 4.82. The maximum absolute atomic E-state index is 12.4. The van der Waals surface area contributed by atoms with Crippen LogP contribution in [0.4, 0.5) is 0 Å². The normalized spacial score (nSPS) is 21.2. The van der Waals surface area contributed by atoms with Crippen LogP contribution < -0.4 is 5.73 Å². The van der Waals surface area contributed by atoms with Crippen molar-refractivity contribution < 1.29 is 14.7 Å². The first-order valence-electron chi connectivity index (χ1n) is 7.93. The number of hydrogen-bond acceptors (Lipinski definition) is 3. The van der Waals surface area contributed by atoms with Crippen LogP contribution in [0.25, 0.3) is 10.9 Å². The van der Waals surface area contributed by atoms with Gasteiger partial charge in [0.2, 0.25) is 5.91 Å². The van der Waals surface area contributed by atoms with Gasteiger partial charge in [-0.1, -0.05) is 11.6 Å². The van der Waals surface area contributed by atoms with Gasteiger partial charge in [-0.15, -0.1) is 0 Å². The van der Waals surface area contributed by atoms with Crippen molar-refractivity contribution in [3.8, 4) is 0 Å². The zero-order valence-electron chi connectivity index (χ0n) is 13.2. The Bertz CT molecular complexity index is 788. The molecule has 1 atom stereocenters. The Morgan fingerprint density at radius 3 is 2.88 bits per heavy atom. The van der Waals surface area contributed by atoms with Gasteiger partial charge in [-0.3, -0.25) is 9.59 Å². The highest BCUT2D eigenvalue weighted by Gasteiger charge is 2.39. The second-order valence-electron chi connectivity index (χ2n) is 6.28. The molecule has 0 radical (unpaired) electrons. The molecule has 3 rings (SSSR count). The Labute approximate surface area is 144 Å². The van der Waals surface area contributed by atoms with Crippen LogP contribution in [0.15, 0.2) is 30.5 Å². The standard InChI is InChI=1S/C17H20ClN3O3/c18-13-2-3-14-12(10-13)4-8-20(14)9-5-15(22)21-7-1-6-17(24,11-21)16(19)23/h2-4,8,10,24H,1,5-7,9,11H2,(H2,19,23)/t17-/m1/s1. The van der Waals surface area contributed by atoms with Gasteiger partial charge < -0.3 is 20.3 Å². The first kappa shape index (κ1) is 16.8. The lowest BCUT2D eigenvalue weighted by atomic mass is 9.92. The fourth-order valence-corrected chi connectivity index (χ4v) is 3.37. The monoisotopic (exact) mass is 349 g/mol. The van der Waals surface area contributed by atoms with Crippen LogP contribution in [0.5, 0.6) is 0 Å². The van der Waals surface area contributed by atoms with Crippen molar-refractivity contribution in [3.63, 3.8) is 0 Å². The van der Waals surface area contributed by atoms with Crippen molar-refractivity contribution in [2.24, 2.45) is 5.73 Å². The van der Waals surface area contributed by atoms with Crippen LogP contribution in [0.2, 0.25) is 5.02 Å². The number of amides is 2. The number of carbonyl (C=O) groups is 2. The van der Waals surface area contributed by atoms with Crippen molar-refractivity contribution in [2.45, 2.75) is 31.4 Å². The topological polar surface area (TPSA) is 88.6 Å². The SMILES string of the molecule is NC(=O)[C@@]1(O)CCCN(C(=O)CCn2ccc3cc(Cl)ccc32)C1. The van der Waals surface area contributed by atoms with Crippen molar-refractivity contribution in [1.82, 2.24) is 9.47 Å². The minimum atomic E-state index is -1.61. The van der Waals surface area contributed by atoms with E-state index in [0.29, 0.717) is 37.4 Å². The number of carbonyl (C=O) groups excluding carboxylic acids is 2. The molecule has 0 bridgehead atoms. The molecular weight excluding hydrogens is 330 g/mol. The van der Waals surface area contributed by atoms with Crippen LogP contribution in [0.1, 0.15) is 19.3 Å². The van der Waals surface area contributed by atoms with Crippen LogP contribution >= 0.6 is 11.6 Å². The number of fused-ring (bicyclic) bond motifs is 1. The van der Waals surface area contributed by atoms with E-state index in [0.717, 1.165) is 10.9 Å². The fourth-order valence-electron chi connectivity index (χ4n) is 3.19. The number of likely N-dealkylation sites (tertiary alicyclic amines) is 1. The first-order chi connectivity index (χ1) is 11.4. The van der Waals surface area contributed by atoms with Crippen molar-refractivity contribution in [3.05, 3.63) is 35.5 Å². The summed E-state index contributed by atoms with van der Waals surface area (Å²) in [6, 6.07) is 7.58. The molecule has 1 aliphatic heterocycles. The summed E-state index contributed by atoms with van der Waals surface area (Å²) in [7, 11) is 0. The molecule has 2 aromatic rings. The second kappa shape index (κ2) is 6.45. The summed E-state index contributed by atoms with van der Waals surface area (Å²) in [6.07, 6.45) is 3.08. The lowest BCUT2D eigenvalue weighted by Crippen LogP contribution is -2.57. The molecule has 1 aromatic carbocycles. The Morgan fingerprint density at radius 2 is 2.12 bits per heavy atom. The molecule has 2 heterocycles. The Balaban J connectivity index is 1.65. The van der Waals surface area contributed by atoms with Gasteiger partial charge in [-0.2, -0.15) is 0 Å². The van der Waals surface area contributed by atoms with Crippen molar-refractivity contribution >= 4 is 34.3 Å². The predicted octanol–water partition coefficient (Wildman–Crippen LogP) is 1.52. The molecule has 128 valence electrons. The van der Waals surface area contributed by atoms with Crippen LogP contribution in [0.3, 0.4) is 0 Å². The van der Waals surface area contributed by atoms with E-state index in [4.69, 9.17) is 17.3 Å². The zero-order valence-corrected chi connectivity index (χ0v) is 14.0. The summed E-state index contributed by atoms with van der Waals surface area (Å²) in [5, 5.41) is 11.9. The maximum atomic E-state index is 12.4. The van der Waals surface area contributed by atoms with Gasteiger partial charge >= 0.3 is 0 Å². The highest BCUT2D eigenvalue weighted by molar-refractivity contribution is 6.31. The number of nitrogens with two attached hydrogens (primary N) is 1. The van der Waals surface area contributed by atoms with E-state index in [-0.39, 0.29) is 12.5 Å². The van der Waals surface area contributed by atoms with E-state index in [1.54, 1.807) is 0 Å². The van der Waals surface area contributed by atoms with Crippen LogP contribution in [-0.2, 0) is 16.1 Å². The number of aromatic nitrogens is 1. The molecule has 0 aliphatic carbocycles. The summed E-state index contributed by atoms with van der Waals surface area (Å²) in [5.41, 5.74) is 4.65. The average molecular weight is 350 g/mol. The molecule has 3 N–H and O–H groups in total. The Hall–Kier alpha value is -2.05. The van der Waals surface area contributed by atoms with Gasteiger partial charge in [0.15, 0.2) is 5.60 Å². The van der Waals surface area contributed by atoms with E-state index in [1.165, 1.54) is 4.90 Å². The molecule has 7 heteroatoms. The van der Waals surface area contributed by atoms with Gasteiger partial charge in [0.25, 0.3) is 5.91 Å². The molecule has 1 fully saturated rings. The van der Waals surface area contributed by atoms with E-state index >= 15 is 0 Å². The molecule has 1 aliphatic rings. The number of β-amino-alcohol motifs (C(OH)–C–C–N with tert-alkyl or cyclic N) is 1. The summed E-state index contributed by atoms with van der Waals surface area (Å²) in [4.78, 5) is 25.3. The van der Waals surface area contributed by atoms with Gasteiger partial charge in [-0.05, 0) is 37.1 Å². The number of aliphatic hydroxyl groups is 1. The molecule has 2 amide bonds. The number of aryl methyl sites for hydroxylation is 1. The molecule has 0 saturated carbocycles. The van der Waals surface area contributed by atoms with Crippen LogP contribution in [-0.4, -0.2) is 45.1 Å². The van der Waals surface area contributed by atoms with Gasteiger partial charge in [0.05, 0.1) is 6.54 Å². The number of rotatable bonds is 4. The summed E-state index contributed by atoms with van der Waals surface area (Å²) in [6.45, 7) is 1.04. The average Bonchev–Trinajstić information content (AvgIpc) is 2.94. The number of primary amides is 1. The molecule has 24 heavy (non-hydrogen) atoms. The van der Waals surface area contributed by atoms with Crippen LogP contribution in [0, 0.1) is 0 Å². The van der Waals surface area contributed by atoms with E-state index in [9.17, 15) is 14.7 Å². The maximum Gasteiger partial charge on any atom is 0.251 e. The van der Waals surface area contributed by atoms with Crippen molar-refractivity contribution in [1.29, 1.82) is 0 Å². The highest BCUT2D eigenvalue weighted by Crippen LogP contribution is 2.23. The molecule has 0 spiro atoms. The zero-order chi connectivity index (χ0) is 17.3.